The molecule has 2 fully saturated rings. The van der Waals surface area contributed by atoms with Crippen LogP contribution in [0.3, 0.4) is 0 Å². The third-order valence-electron chi connectivity index (χ3n) is 4.01. The Hall–Kier alpha value is -0.650. The van der Waals surface area contributed by atoms with E-state index in [2.05, 4.69) is 9.80 Å². The first kappa shape index (κ1) is 14.8. The number of carbonyl (C=O) groups excluding carboxylic acids is 1. The Kier molecular flexibility index (Phi) is 5.60. The zero-order chi connectivity index (χ0) is 13.7. The molecule has 2 saturated heterocycles. The molecule has 2 aliphatic rings. The molecule has 0 saturated carbocycles. The van der Waals surface area contributed by atoms with Gasteiger partial charge >= 0.3 is 0 Å². The maximum atomic E-state index is 11.9. The van der Waals surface area contributed by atoms with Gasteiger partial charge in [0.1, 0.15) is 0 Å². The lowest BCUT2D eigenvalue weighted by Crippen LogP contribution is -2.51. The smallest absolute Gasteiger partial charge is 0.225 e. The van der Waals surface area contributed by atoms with Gasteiger partial charge in [-0.1, -0.05) is 13.8 Å². The molecule has 0 aromatic carbocycles. The maximum Gasteiger partial charge on any atom is 0.225 e. The molecule has 0 aromatic rings. The van der Waals surface area contributed by atoms with E-state index in [9.17, 15) is 4.79 Å². The summed E-state index contributed by atoms with van der Waals surface area (Å²) in [7, 11) is 0. The number of morpholine rings is 1. The van der Waals surface area contributed by atoms with Crippen LogP contribution in [-0.4, -0.2) is 86.2 Å². The lowest BCUT2D eigenvalue weighted by atomic mass is 10.1. The van der Waals surface area contributed by atoms with Crippen LogP contribution in [0.2, 0.25) is 0 Å². The van der Waals surface area contributed by atoms with Gasteiger partial charge in [-0.2, -0.15) is 0 Å². The van der Waals surface area contributed by atoms with E-state index < -0.39 is 0 Å². The normalized spacial score (nSPS) is 23.0. The van der Waals surface area contributed by atoms with Crippen LogP contribution in [0.25, 0.3) is 0 Å². The third kappa shape index (κ3) is 4.44. The van der Waals surface area contributed by atoms with E-state index in [1.165, 1.54) is 0 Å². The number of hydrogen-bond donors (Lipinski definition) is 0. The molecule has 5 heteroatoms. The molecule has 0 N–H and O–H groups in total. The van der Waals surface area contributed by atoms with Crippen LogP contribution in [0.4, 0.5) is 0 Å². The summed E-state index contributed by atoms with van der Waals surface area (Å²) in [6.45, 7) is 13.9. The summed E-state index contributed by atoms with van der Waals surface area (Å²) < 4.78 is 5.35. The first-order valence-corrected chi connectivity index (χ1v) is 7.48. The molecule has 0 unspecified atom stereocenters. The first-order chi connectivity index (χ1) is 9.16. The van der Waals surface area contributed by atoms with E-state index >= 15 is 0 Å². The summed E-state index contributed by atoms with van der Waals surface area (Å²) in [6, 6.07) is 0. The second-order valence-corrected chi connectivity index (χ2v) is 5.78. The van der Waals surface area contributed by atoms with Crippen molar-refractivity contribution >= 4 is 5.91 Å². The molecular weight excluding hydrogens is 242 g/mol. The molecule has 2 aliphatic heterocycles. The maximum absolute atomic E-state index is 11.9. The van der Waals surface area contributed by atoms with E-state index in [1.807, 2.05) is 18.7 Å². The Labute approximate surface area is 116 Å². The van der Waals surface area contributed by atoms with Crippen LogP contribution in [0.5, 0.6) is 0 Å². The molecule has 2 heterocycles. The summed E-state index contributed by atoms with van der Waals surface area (Å²) in [6.07, 6.45) is 0. The van der Waals surface area contributed by atoms with Crippen LogP contribution in [-0.2, 0) is 9.53 Å². The van der Waals surface area contributed by atoms with Crippen molar-refractivity contribution in [1.82, 2.24) is 14.7 Å². The second-order valence-electron chi connectivity index (χ2n) is 5.78. The molecule has 110 valence electrons. The highest BCUT2D eigenvalue weighted by atomic mass is 16.5. The van der Waals surface area contributed by atoms with Crippen LogP contribution in [0, 0.1) is 5.92 Å². The van der Waals surface area contributed by atoms with Crippen LogP contribution >= 0.6 is 0 Å². The number of carbonyl (C=O) groups is 1. The zero-order valence-electron chi connectivity index (χ0n) is 12.3. The largest absolute Gasteiger partial charge is 0.379 e. The van der Waals surface area contributed by atoms with Gasteiger partial charge in [0.05, 0.1) is 13.2 Å². The molecule has 0 spiro atoms. The predicted molar refractivity (Wildman–Crippen MR) is 75.1 cm³/mol. The first-order valence-electron chi connectivity index (χ1n) is 7.48. The Morgan fingerprint density at radius 3 is 2.00 bits per heavy atom. The third-order valence-corrected chi connectivity index (χ3v) is 4.01. The van der Waals surface area contributed by atoms with Crippen molar-refractivity contribution in [3.8, 4) is 0 Å². The van der Waals surface area contributed by atoms with Crippen molar-refractivity contribution in [3.05, 3.63) is 0 Å². The Balaban J connectivity index is 1.64. The fourth-order valence-corrected chi connectivity index (χ4v) is 2.66. The number of rotatable bonds is 4. The standard InChI is InChI=1S/C14H27N3O2/c1-13(2)14(18)17-7-5-15(6-8-17)3-4-16-9-11-19-12-10-16/h13H,3-12H2,1-2H3. The van der Waals surface area contributed by atoms with Gasteiger partial charge in [-0.3, -0.25) is 14.6 Å². The molecule has 0 atom stereocenters. The molecule has 0 aliphatic carbocycles. The van der Waals surface area contributed by atoms with E-state index in [0.717, 1.165) is 65.6 Å². The number of piperazine rings is 1. The average molecular weight is 269 g/mol. The molecule has 5 nitrogen and oxygen atoms in total. The molecule has 0 radical (unpaired) electrons. The molecule has 0 aromatic heterocycles. The van der Waals surface area contributed by atoms with Crippen LogP contribution in [0.15, 0.2) is 0 Å². The lowest BCUT2D eigenvalue weighted by Gasteiger charge is -2.37. The summed E-state index contributed by atoms with van der Waals surface area (Å²) in [5, 5.41) is 0. The van der Waals surface area contributed by atoms with Crippen molar-refractivity contribution in [2.45, 2.75) is 13.8 Å². The van der Waals surface area contributed by atoms with Crippen molar-refractivity contribution in [2.75, 3.05) is 65.6 Å². The van der Waals surface area contributed by atoms with Crippen molar-refractivity contribution in [3.63, 3.8) is 0 Å². The number of hydrogen-bond acceptors (Lipinski definition) is 4. The fourth-order valence-electron chi connectivity index (χ4n) is 2.66. The van der Waals surface area contributed by atoms with Crippen molar-refractivity contribution in [2.24, 2.45) is 5.92 Å². The Morgan fingerprint density at radius 2 is 1.47 bits per heavy atom. The van der Waals surface area contributed by atoms with Gasteiger partial charge in [-0.25, -0.2) is 0 Å². The minimum atomic E-state index is 0.125. The topological polar surface area (TPSA) is 36.0 Å². The van der Waals surface area contributed by atoms with Crippen molar-refractivity contribution in [1.29, 1.82) is 0 Å². The summed E-state index contributed by atoms with van der Waals surface area (Å²) in [4.78, 5) is 18.8. The number of nitrogens with zero attached hydrogens (tertiary/aromatic N) is 3. The predicted octanol–water partition coefficient (Wildman–Crippen LogP) is 0.119. The SMILES string of the molecule is CC(C)C(=O)N1CCN(CCN2CCOCC2)CC1. The highest BCUT2D eigenvalue weighted by molar-refractivity contribution is 5.78. The zero-order valence-corrected chi connectivity index (χ0v) is 12.3. The van der Waals surface area contributed by atoms with Gasteiger partial charge in [0.15, 0.2) is 0 Å². The quantitative estimate of drug-likeness (QED) is 0.726. The van der Waals surface area contributed by atoms with Gasteiger partial charge in [0.2, 0.25) is 5.91 Å². The van der Waals surface area contributed by atoms with Crippen LogP contribution < -0.4 is 0 Å². The molecule has 2 rings (SSSR count). The number of amides is 1. The highest BCUT2D eigenvalue weighted by Gasteiger charge is 2.23. The highest BCUT2D eigenvalue weighted by Crippen LogP contribution is 2.07. The van der Waals surface area contributed by atoms with Crippen molar-refractivity contribution < 1.29 is 9.53 Å². The van der Waals surface area contributed by atoms with E-state index in [-0.39, 0.29) is 5.92 Å². The van der Waals surface area contributed by atoms with Gasteiger partial charge in [-0.05, 0) is 0 Å². The van der Waals surface area contributed by atoms with E-state index in [1.54, 1.807) is 0 Å². The Bertz CT molecular complexity index is 282. The summed E-state index contributed by atoms with van der Waals surface area (Å²) in [5.41, 5.74) is 0. The van der Waals surface area contributed by atoms with E-state index in [0.29, 0.717) is 5.91 Å². The number of ether oxygens (including phenoxy) is 1. The molecule has 0 bridgehead atoms. The monoisotopic (exact) mass is 269 g/mol. The van der Waals surface area contributed by atoms with Gasteiger partial charge in [-0.15, -0.1) is 0 Å². The lowest BCUT2D eigenvalue weighted by molar-refractivity contribution is -0.136. The minimum Gasteiger partial charge on any atom is -0.379 e. The minimum absolute atomic E-state index is 0.125. The van der Waals surface area contributed by atoms with E-state index in [4.69, 9.17) is 4.74 Å². The Morgan fingerprint density at radius 1 is 0.947 bits per heavy atom. The van der Waals surface area contributed by atoms with Gasteiger partial charge < -0.3 is 9.64 Å². The summed E-state index contributed by atoms with van der Waals surface area (Å²) >= 11 is 0. The molecular formula is C14H27N3O2. The van der Waals surface area contributed by atoms with Gasteiger partial charge in [0.25, 0.3) is 0 Å². The second kappa shape index (κ2) is 7.22. The summed E-state index contributed by atoms with van der Waals surface area (Å²) in [5.74, 6) is 0.424. The van der Waals surface area contributed by atoms with Gasteiger partial charge in [0, 0.05) is 58.3 Å². The molecule has 1 amide bonds. The average Bonchev–Trinajstić information content (AvgIpc) is 2.46. The van der Waals surface area contributed by atoms with Crippen LogP contribution in [0.1, 0.15) is 13.8 Å². The molecule has 19 heavy (non-hydrogen) atoms. The fraction of sp³-hybridized carbons (Fsp3) is 0.929.